The Kier molecular flexibility index (Phi) is 2.51. The molecular weight excluding hydrogens is 240 g/mol. The van der Waals surface area contributed by atoms with Crippen LogP contribution in [0.25, 0.3) is 11.3 Å². The van der Waals surface area contributed by atoms with Crippen molar-refractivity contribution in [3.8, 4) is 11.3 Å². The minimum absolute atomic E-state index is 0.773. The Balaban J connectivity index is 1.53. The summed E-state index contributed by atoms with van der Waals surface area (Å²) in [5.41, 5.74) is 1.83. The lowest BCUT2D eigenvalue weighted by Gasteiger charge is -2.17. The average molecular weight is 256 g/mol. The number of hydrogen-bond acceptors (Lipinski definition) is 5. The molecule has 0 amide bonds. The third-order valence-electron chi connectivity index (χ3n) is 4.18. The fraction of sp³-hybridized carbons (Fsp3) is 0.429. The lowest BCUT2D eigenvalue weighted by molar-refractivity contribution is 0.533. The third-order valence-corrected chi connectivity index (χ3v) is 4.18. The Labute approximate surface area is 111 Å². The summed E-state index contributed by atoms with van der Waals surface area (Å²) in [5, 5.41) is 12.1. The minimum Gasteiger partial charge on any atom is -0.472 e. The van der Waals surface area contributed by atoms with Gasteiger partial charge in [-0.2, -0.15) is 0 Å². The number of fused-ring (bicyclic) bond motifs is 1. The molecule has 0 aliphatic carbocycles. The second-order valence-corrected chi connectivity index (χ2v) is 5.37. The first kappa shape index (κ1) is 11.0. The van der Waals surface area contributed by atoms with Crippen LogP contribution in [0.2, 0.25) is 0 Å². The zero-order valence-corrected chi connectivity index (χ0v) is 10.6. The monoisotopic (exact) mass is 256 g/mol. The molecule has 1 N–H and O–H groups in total. The van der Waals surface area contributed by atoms with Gasteiger partial charge in [0, 0.05) is 31.7 Å². The normalized spacial score (nSPS) is 25.8. The van der Waals surface area contributed by atoms with E-state index in [0.29, 0.717) is 0 Å². The van der Waals surface area contributed by atoms with E-state index in [-0.39, 0.29) is 0 Å². The molecule has 2 aliphatic rings. The van der Waals surface area contributed by atoms with Crippen LogP contribution in [0.3, 0.4) is 0 Å². The number of furan rings is 1. The highest BCUT2D eigenvalue weighted by molar-refractivity contribution is 5.58. The van der Waals surface area contributed by atoms with Crippen molar-refractivity contribution in [2.75, 3.05) is 31.1 Å². The molecule has 2 unspecified atom stereocenters. The SMILES string of the molecule is c1cc(-c2ccc(N3CC4CNCC4C3)nn2)co1. The minimum atomic E-state index is 0.773. The van der Waals surface area contributed by atoms with Crippen molar-refractivity contribution in [2.24, 2.45) is 11.8 Å². The molecule has 0 bridgehead atoms. The van der Waals surface area contributed by atoms with Crippen molar-refractivity contribution in [3.63, 3.8) is 0 Å². The molecule has 5 heteroatoms. The number of hydrogen-bond donors (Lipinski definition) is 1. The van der Waals surface area contributed by atoms with E-state index in [2.05, 4.69) is 26.5 Å². The van der Waals surface area contributed by atoms with Crippen molar-refractivity contribution < 1.29 is 4.42 Å². The van der Waals surface area contributed by atoms with Crippen LogP contribution >= 0.6 is 0 Å². The Bertz CT molecular complexity index is 539. The summed E-state index contributed by atoms with van der Waals surface area (Å²) in [4.78, 5) is 2.35. The van der Waals surface area contributed by atoms with Crippen molar-refractivity contribution in [1.29, 1.82) is 0 Å². The summed E-state index contributed by atoms with van der Waals surface area (Å²) in [6.45, 7) is 4.47. The second kappa shape index (κ2) is 4.35. The van der Waals surface area contributed by atoms with Gasteiger partial charge in [-0.05, 0) is 30.0 Å². The Morgan fingerprint density at radius 3 is 2.58 bits per heavy atom. The van der Waals surface area contributed by atoms with Gasteiger partial charge in [-0.3, -0.25) is 0 Å². The van der Waals surface area contributed by atoms with Crippen LogP contribution in [0.5, 0.6) is 0 Å². The number of nitrogens with zero attached hydrogens (tertiary/aromatic N) is 3. The lowest BCUT2D eigenvalue weighted by Crippen LogP contribution is -2.26. The molecule has 2 aromatic heterocycles. The number of rotatable bonds is 2. The molecule has 2 atom stereocenters. The van der Waals surface area contributed by atoms with Crippen LogP contribution < -0.4 is 10.2 Å². The van der Waals surface area contributed by atoms with Crippen molar-refractivity contribution in [2.45, 2.75) is 0 Å². The summed E-state index contributed by atoms with van der Waals surface area (Å²) in [6, 6.07) is 5.97. The predicted octanol–water partition coefficient (Wildman–Crippen LogP) is 1.39. The van der Waals surface area contributed by atoms with Gasteiger partial charge < -0.3 is 14.6 Å². The molecule has 2 aliphatic heterocycles. The van der Waals surface area contributed by atoms with Crippen LogP contribution in [0.15, 0.2) is 35.1 Å². The fourth-order valence-electron chi connectivity index (χ4n) is 3.10. The van der Waals surface area contributed by atoms with E-state index >= 15 is 0 Å². The molecular formula is C14H16N4O. The molecule has 4 heterocycles. The van der Waals surface area contributed by atoms with E-state index in [1.807, 2.05) is 12.1 Å². The third kappa shape index (κ3) is 1.90. The number of aromatic nitrogens is 2. The van der Waals surface area contributed by atoms with Gasteiger partial charge in [0.05, 0.1) is 18.2 Å². The van der Waals surface area contributed by atoms with Crippen molar-refractivity contribution >= 4 is 5.82 Å². The fourth-order valence-corrected chi connectivity index (χ4v) is 3.10. The van der Waals surface area contributed by atoms with E-state index in [1.165, 1.54) is 0 Å². The van der Waals surface area contributed by atoms with E-state index in [9.17, 15) is 0 Å². The van der Waals surface area contributed by atoms with Crippen molar-refractivity contribution in [3.05, 3.63) is 30.7 Å². The van der Waals surface area contributed by atoms with Crippen LogP contribution in [0.4, 0.5) is 5.82 Å². The van der Waals surface area contributed by atoms with Crippen LogP contribution in [0, 0.1) is 11.8 Å². The smallest absolute Gasteiger partial charge is 0.151 e. The van der Waals surface area contributed by atoms with Crippen LogP contribution in [0.1, 0.15) is 0 Å². The van der Waals surface area contributed by atoms with E-state index < -0.39 is 0 Å². The summed E-state index contributed by atoms with van der Waals surface area (Å²) in [6.07, 6.45) is 3.34. The first-order chi connectivity index (χ1) is 9.40. The van der Waals surface area contributed by atoms with Gasteiger partial charge in [0.1, 0.15) is 0 Å². The summed E-state index contributed by atoms with van der Waals surface area (Å²) in [5.74, 6) is 2.53. The molecule has 0 spiro atoms. The van der Waals surface area contributed by atoms with Gasteiger partial charge in [-0.25, -0.2) is 0 Å². The van der Waals surface area contributed by atoms with Crippen LogP contribution in [-0.4, -0.2) is 36.4 Å². The van der Waals surface area contributed by atoms with Gasteiger partial charge in [0.2, 0.25) is 0 Å². The summed E-state index contributed by atoms with van der Waals surface area (Å²) in [7, 11) is 0. The zero-order valence-electron chi connectivity index (χ0n) is 10.6. The molecule has 0 saturated carbocycles. The quantitative estimate of drug-likeness (QED) is 0.880. The van der Waals surface area contributed by atoms with Crippen LogP contribution in [-0.2, 0) is 0 Å². The van der Waals surface area contributed by atoms with Gasteiger partial charge in [-0.15, -0.1) is 10.2 Å². The highest BCUT2D eigenvalue weighted by atomic mass is 16.3. The Morgan fingerprint density at radius 2 is 1.95 bits per heavy atom. The lowest BCUT2D eigenvalue weighted by atomic mass is 10.0. The van der Waals surface area contributed by atoms with Crippen molar-refractivity contribution in [1.82, 2.24) is 15.5 Å². The van der Waals surface area contributed by atoms with Gasteiger partial charge in [0.25, 0.3) is 0 Å². The highest BCUT2D eigenvalue weighted by Gasteiger charge is 2.36. The Hall–Kier alpha value is -1.88. The molecule has 0 radical (unpaired) electrons. The maximum Gasteiger partial charge on any atom is 0.151 e. The zero-order chi connectivity index (χ0) is 12.7. The molecule has 2 aromatic rings. The van der Waals surface area contributed by atoms with E-state index in [0.717, 1.165) is 55.1 Å². The highest BCUT2D eigenvalue weighted by Crippen LogP contribution is 2.29. The summed E-state index contributed by atoms with van der Waals surface area (Å²) >= 11 is 0. The van der Waals surface area contributed by atoms with Gasteiger partial charge in [-0.1, -0.05) is 0 Å². The maximum absolute atomic E-state index is 5.06. The second-order valence-electron chi connectivity index (χ2n) is 5.37. The molecule has 0 aromatic carbocycles. The standard InChI is InChI=1S/C14H16N4O/c1-2-14(17-16-13(1)10-3-4-19-9-10)18-7-11-5-15-6-12(11)8-18/h1-4,9,11-12,15H,5-8H2. The topological polar surface area (TPSA) is 54.2 Å². The largest absolute Gasteiger partial charge is 0.472 e. The molecule has 5 nitrogen and oxygen atoms in total. The number of anilines is 1. The Morgan fingerprint density at radius 1 is 1.11 bits per heavy atom. The summed E-state index contributed by atoms with van der Waals surface area (Å²) < 4.78 is 5.06. The van der Waals surface area contributed by atoms with E-state index in [1.54, 1.807) is 12.5 Å². The van der Waals surface area contributed by atoms with Gasteiger partial charge >= 0.3 is 0 Å². The number of nitrogens with one attached hydrogen (secondary N) is 1. The van der Waals surface area contributed by atoms with Gasteiger partial charge in [0.15, 0.2) is 5.82 Å². The predicted molar refractivity (Wildman–Crippen MR) is 71.8 cm³/mol. The van der Waals surface area contributed by atoms with E-state index in [4.69, 9.17) is 4.42 Å². The molecule has 19 heavy (non-hydrogen) atoms. The molecule has 98 valence electrons. The first-order valence-electron chi connectivity index (χ1n) is 6.72. The molecule has 2 fully saturated rings. The first-order valence-corrected chi connectivity index (χ1v) is 6.72. The molecule has 2 saturated heterocycles. The maximum atomic E-state index is 5.06. The molecule has 4 rings (SSSR count). The average Bonchev–Trinajstić information content (AvgIpc) is 3.15.